The van der Waals surface area contributed by atoms with Gasteiger partial charge in [-0.3, -0.25) is 4.79 Å². The number of carbonyl (C=O) groups excluding carboxylic acids is 1. The number of hydrogen-bond acceptors (Lipinski definition) is 3. The second-order valence-corrected chi connectivity index (χ2v) is 1.31. The topological polar surface area (TPSA) is 106 Å². The second kappa shape index (κ2) is 2.71. The van der Waals surface area contributed by atoms with Crippen LogP contribution in [0.3, 0.4) is 0 Å². The van der Waals surface area contributed by atoms with Gasteiger partial charge in [0, 0.05) is 6.08 Å². The fraction of sp³-hybridized carbons (Fsp3) is 0. The van der Waals surface area contributed by atoms with Gasteiger partial charge in [-0.2, -0.15) is 0 Å². The van der Waals surface area contributed by atoms with Crippen molar-refractivity contribution in [1.29, 1.82) is 0 Å². The molecule has 1 amide bonds. The van der Waals surface area contributed by atoms with E-state index in [2.05, 4.69) is 5.73 Å². The zero-order chi connectivity index (χ0) is 7.44. The van der Waals surface area contributed by atoms with E-state index in [1.165, 1.54) is 0 Å². The molecule has 0 rings (SSSR count). The number of nitrogens with two attached hydrogens (primary N) is 2. The van der Waals surface area contributed by atoms with E-state index in [0.717, 1.165) is 0 Å². The summed E-state index contributed by atoms with van der Waals surface area (Å²) in [5, 5.41) is 8.03. The molecule has 0 atom stereocenters. The maximum absolute atomic E-state index is 9.92. The fourth-order valence-corrected chi connectivity index (χ4v) is 0.215. The van der Waals surface area contributed by atoms with Crippen LogP contribution in [0, 0.1) is 0 Å². The predicted octanol–water partition coefficient (Wildman–Crippen LogP) is -1.60. The minimum atomic E-state index is -1.35. The van der Waals surface area contributed by atoms with Gasteiger partial charge in [0.25, 0.3) is 0 Å². The third-order valence-electron chi connectivity index (χ3n) is 0.545. The molecular weight excluding hydrogens is 124 g/mol. The third-order valence-corrected chi connectivity index (χ3v) is 0.545. The number of aliphatic carboxylic acids is 1. The predicted molar refractivity (Wildman–Crippen MR) is 29.1 cm³/mol. The molecule has 50 valence electrons. The van der Waals surface area contributed by atoms with Crippen LogP contribution in [-0.2, 0) is 9.59 Å². The third kappa shape index (κ3) is 3.10. The average molecular weight is 130 g/mol. The summed E-state index contributed by atoms with van der Waals surface area (Å²) in [6, 6.07) is 0. The Balaban J connectivity index is 4.17. The first-order valence-corrected chi connectivity index (χ1v) is 2.04. The van der Waals surface area contributed by atoms with Crippen molar-refractivity contribution in [3.63, 3.8) is 0 Å². The molecule has 0 saturated heterocycles. The quantitative estimate of drug-likeness (QED) is 0.391. The van der Waals surface area contributed by atoms with E-state index >= 15 is 0 Å². The Hall–Kier alpha value is -1.52. The van der Waals surface area contributed by atoms with Crippen molar-refractivity contribution in [1.82, 2.24) is 0 Å². The lowest BCUT2D eigenvalue weighted by molar-refractivity contribution is -0.133. The molecule has 0 radical (unpaired) electrons. The minimum absolute atomic E-state index is 0.553. The molecule has 5 nitrogen and oxygen atoms in total. The summed E-state index contributed by atoms with van der Waals surface area (Å²) >= 11 is 0. The number of carbonyl (C=O) groups is 2. The lowest BCUT2D eigenvalue weighted by Crippen LogP contribution is -2.15. The van der Waals surface area contributed by atoms with Gasteiger partial charge in [-0.05, 0) is 0 Å². The molecule has 0 spiro atoms. The SMILES string of the molecule is NC(=O)C=C(N)C(=O)O. The maximum Gasteiger partial charge on any atom is 0.351 e. The lowest BCUT2D eigenvalue weighted by atomic mass is 10.4. The first-order valence-electron chi connectivity index (χ1n) is 2.04. The van der Waals surface area contributed by atoms with Gasteiger partial charge in [0.15, 0.2) is 0 Å². The van der Waals surface area contributed by atoms with Crippen LogP contribution in [0.4, 0.5) is 0 Å². The van der Waals surface area contributed by atoms with Crippen LogP contribution in [0.25, 0.3) is 0 Å². The number of primary amides is 1. The van der Waals surface area contributed by atoms with Crippen molar-refractivity contribution in [2.45, 2.75) is 0 Å². The highest BCUT2D eigenvalue weighted by atomic mass is 16.4. The zero-order valence-corrected chi connectivity index (χ0v) is 4.50. The number of rotatable bonds is 2. The van der Waals surface area contributed by atoms with Crippen molar-refractivity contribution < 1.29 is 14.7 Å². The van der Waals surface area contributed by atoms with Gasteiger partial charge in [-0.15, -0.1) is 0 Å². The standard InChI is InChI=1S/C4H6N2O3/c5-2(4(8)9)1-3(6)7/h1H,5H2,(H2,6,7)(H,8,9). The fourth-order valence-electron chi connectivity index (χ4n) is 0.215. The molecule has 0 aromatic heterocycles. The normalized spacial score (nSPS) is 10.9. The van der Waals surface area contributed by atoms with Crippen LogP contribution < -0.4 is 11.5 Å². The molecule has 0 aromatic rings. The molecule has 0 bridgehead atoms. The maximum atomic E-state index is 9.92. The Morgan fingerprint density at radius 1 is 1.33 bits per heavy atom. The molecule has 0 heterocycles. The van der Waals surface area contributed by atoms with Gasteiger partial charge in [0.1, 0.15) is 5.70 Å². The Labute approximate surface area is 50.9 Å². The van der Waals surface area contributed by atoms with Gasteiger partial charge < -0.3 is 16.6 Å². The summed E-state index contributed by atoms with van der Waals surface area (Å²) in [7, 11) is 0. The molecule has 5 heteroatoms. The van der Waals surface area contributed by atoms with Crippen molar-refractivity contribution in [2.24, 2.45) is 11.5 Å². The average Bonchev–Trinajstić information content (AvgIpc) is 1.63. The number of carboxylic acids is 1. The Bertz CT molecular complexity index is 173. The number of amides is 1. The van der Waals surface area contributed by atoms with E-state index in [0.29, 0.717) is 6.08 Å². The van der Waals surface area contributed by atoms with Crippen molar-refractivity contribution in [2.75, 3.05) is 0 Å². The number of carboxylic acid groups (broad SMARTS) is 1. The van der Waals surface area contributed by atoms with Crippen molar-refractivity contribution in [3.05, 3.63) is 11.8 Å². The highest BCUT2D eigenvalue weighted by Gasteiger charge is 2.00. The minimum Gasteiger partial charge on any atom is -0.477 e. The first-order chi connectivity index (χ1) is 4.04. The molecule has 0 unspecified atom stereocenters. The monoisotopic (exact) mass is 130 g/mol. The van der Waals surface area contributed by atoms with Crippen LogP contribution in [0.15, 0.2) is 11.8 Å². The van der Waals surface area contributed by atoms with Gasteiger partial charge >= 0.3 is 5.97 Å². The molecule has 0 saturated carbocycles. The van der Waals surface area contributed by atoms with Gasteiger partial charge in [-0.25, -0.2) is 4.79 Å². The van der Waals surface area contributed by atoms with Gasteiger partial charge in [0.2, 0.25) is 5.91 Å². The van der Waals surface area contributed by atoms with Crippen molar-refractivity contribution >= 4 is 11.9 Å². The highest BCUT2D eigenvalue weighted by molar-refractivity contribution is 5.96. The summed E-state index contributed by atoms with van der Waals surface area (Å²) in [5.41, 5.74) is 8.80. The Morgan fingerprint density at radius 3 is 1.89 bits per heavy atom. The Morgan fingerprint density at radius 2 is 1.78 bits per heavy atom. The van der Waals surface area contributed by atoms with E-state index in [9.17, 15) is 9.59 Å². The summed E-state index contributed by atoms with van der Waals surface area (Å²) < 4.78 is 0. The van der Waals surface area contributed by atoms with E-state index in [-0.39, 0.29) is 0 Å². The smallest absolute Gasteiger partial charge is 0.351 e. The molecule has 5 N–H and O–H groups in total. The van der Waals surface area contributed by atoms with E-state index in [1.807, 2.05) is 0 Å². The molecule has 0 aromatic carbocycles. The van der Waals surface area contributed by atoms with E-state index in [4.69, 9.17) is 10.8 Å². The zero-order valence-electron chi connectivity index (χ0n) is 4.50. The van der Waals surface area contributed by atoms with Gasteiger partial charge in [-0.1, -0.05) is 0 Å². The van der Waals surface area contributed by atoms with E-state index < -0.39 is 17.6 Å². The summed E-state index contributed by atoms with van der Waals surface area (Å²) in [4.78, 5) is 19.8. The molecular formula is C4H6N2O3. The summed E-state index contributed by atoms with van der Waals surface area (Å²) in [5.74, 6) is -2.22. The van der Waals surface area contributed by atoms with E-state index in [1.54, 1.807) is 0 Å². The highest BCUT2D eigenvalue weighted by Crippen LogP contribution is 1.79. The molecule has 0 aliphatic rings. The van der Waals surface area contributed by atoms with Crippen molar-refractivity contribution in [3.8, 4) is 0 Å². The van der Waals surface area contributed by atoms with Gasteiger partial charge in [0.05, 0.1) is 0 Å². The first kappa shape index (κ1) is 7.48. The summed E-state index contributed by atoms with van der Waals surface area (Å²) in [6.45, 7) is 0. The summed E-state index contributed by atoms with van der Waals surface area (Å²) in [6.07, 6.45) is 0.641. The largest absolute Gasteiger partial charge is 0.477 e. The molecule has 0 aliphatic carbocycles. The second-order valence-electron chi connectivity index (χ2n) is 1.31. The lowest BCUT2D eigenvalue weighted by Gasteiger charge is -1.87. The number of hydrogen-bond donors (Lipinski definition) is 3. The van der Waals surface area contributed by atoms with Crippen LogP contribution in [0.5, 0.6) is 0 Å². The van der Waals surface area contributed by atoms with Crippen LogP contribution in [0.2, 0.25) is 0 Å². The van der Waals surface area contributed by atoms with Crippen LogP contribution in [-0.4, -0.2) is 17.0 Å². The molecule has 0 fully saturated rings. The molecule has 0 aliphatic heterocycles. The van der Waals surface area contributed by atoms with Crippen LogP contribution >= 0.6 is 0 Å². The Kier molecular flexibility index (Phi) is 2.25. The molecule has 9 heavy (non-hydrogen) atoms. The van der Waals surface area contributed by atoms with Crippen LogP contribution in [0.1, 0.15) is 0 Å².